The molecule has 0 saturated carbocycles. The van der Waals surface area contributed by atoms with Crippen LogP contribution < -0.4 is 0 Å². The summed E-state index contributed by atoms with van der Waals surface area (Å²) in [6.45, 7) is 9.16. The Morgan fingerprint density at radius 3 is 2.52 bits per heavy atom. The zero-order valence-electron chi connectivity index (χ0n) is 17.6. The zero-order chi connectivity index (χ0) is 20.5. The molecule has 5 heteroatoms. The first-order chi connectivity index (χ1) is 13.9. The van der Waals surface area contributed by atoms with Crippen molar-refractivity contribution >= 4 is 5.91 Å². The van der Waals surface area contributed by atoms with Crippen LogP contribution in [0.2, 0.25) is 0 Å². The molecule has 5 nitrogen and oxygen atoms in total. The molecule has 2 aromatic heterocycles. The van der Waals surface area contributed by atoms with Gasteiger partial charge in [-0.15, -0.1) is 0 Å². The standard InChI is InChI=1S/C24H28N4O/c1-16-13-21(20-9-6-5-7-10-20)14-22(25-16)23-11-8-12-27(23)24(29)15-28-19(4)17(2)18(3)26-28/h5-7,9-10,13-14,23H,8,11-12,15H2,1-4H3/t23-/m1/s1. The molecule has 29 heavy (non-hydrogen) atoms. The molecule has 3 aromatic rings. The van der Waals surface area contributed by atoms with E-state index in [9.17, 15) is 4.79 Å². The van der Waals surface area contributed by atoms with Crippen LogP contribution in [0, 0.1) is 27.7 Å². The molecule has 1 fully saturated rings. The van der Waals surface area contributed by atoms with Gasteiger partial charge in [-0.05, 0) is 69.4 Å². The van der Waals surface area contributed by atoms with Crippen LogP contribution in [0.25, 0.3) is 11.1 Å². The van der Waals surface area contributed by atoms with Crippen molar-refractivity contribution in [2.24, 2.45) is 0 Å². The van der Waals surface area contributed by atoms with Gasteiger partial charge in [-0.3, -0.25) is 14.5 Å². The molecule has 0 N–H and O–H groups in total. The van der Waals surface area contributed by atoms with E-state index in [0.717, 1.165) is 53.3 Å². The molecule has 0 radical (unpaired) electrons. The summed E-state index contributed by atoms with van der Waals surface area (Å²) >= 11 is 0. The predicted molar refractivity (Wildman–Crippen MR) is 115 cm³/mol. The quantitative estimate of drug-likeness (QED) is 0.659. The Balaban J connectivity index is 1.60. The second-order valence-corrected chi connectivity index (χ2v) is 7.99. The molecule has 1 saturated heterocycles. The molecule has 0 aliphatic carbocycles. The lowest BCUT2D eigenvalue weighted by molar-refractivity contribution is -0.133. The second-order valence-electron chi connectivity index (χ2n) is 7.99. The molecule has 150 valence electrons. The van der Waals surface area contributed by atoms with Crippen LogP contribution in [0.3, 0.4) is 0 Å². The van der Waals surface area contributed by atoms with Gasteiger partial charge in [0.15, 0.2) is 0 Å². The predicted octanol–water partition coefficient (Wildman–Crippen LogP) is 4.54. The van der Waals surface area contributed by atoms with Crippen molar-refractivity contribution in [3.63, 3.8) is 0 Å². The first kappa shape index (κ1) is 19.4. The fourth-order valence-electron chi connectivity index (χ4n) is 4.19. The van der Waals surface area contributed by atoms with Crippen LogP contribution in [0.4, 0.5) is 0 Å². The highest BCUT2D eigenvalue weighted by atomic mass is 16.2. The van der Waals surface area contributed by atoms with Gasteiger partial charge in [0.05, 0.1) is 17.4 Å². The zero-order valence-corrected chi connectivity index (χ0v) is 17.6. The van der Waals surface area contributed by atoms with E-state index in [1.165, 1.54) is 5.56 Å². The Hall–Kier alpha value is -2.95. The second kappa shape index (κ2) is 7.82. The summed E-state index contributed by atoms with van der Waals surface area (Å²) in [6.07, 6.45) is 1.95. The average molecular weight is 389 g/mol. The van der Waals surface area contributed by atoms with E-state index in [0.29, 0.717) is 0 Å². The van der Waals surface area contributed by atoms with Crippen LogP contribution in [-0.4, -0.2) is 32.1 Å². The number of amides is 1. The van der Waals surface area contributed by atoms with Crippen molar-refractivity contribution in [1.29, 1.82) is 0 Å². The van der Waals surface area contributed by atoms with Gasteiger partial charge in [0, 0.05) is 17.9 Å². The number of hydrogen-bond donors (Lipinski definition) is 0. The molecule has 1 aliphatic rings. The number of benzene rings is 1. The van der Waals surface area contributed by atoms with Crippen molar-refractivity contribution in [3.05, 3.63) is 70.8 Å². The maximum atomic E-state index is 13.1. The minimum Gasteiger partial charge on any atom is -0.332 e. The number of likely N-dealkylation sites (tertiary alicyclic amines) is 1. The lowest BCUT2D eigenvalue weighted by Gasteiger charge is -2.25. The van der Waals surface area contributed by atoms with Crippen LogP contribution >= 0.6 is 0 Å². The number of aromatic nitrogens is 3. The number of carbonyl (C=O) groups excluding carboxylic acids is 1. The largest absolute Gasteiger partial charge is 0.332 e. The Morgan fingerprint density at radius 2 is 1.83 bits per heavy atom. The highest BCUT2D eigenvalue weighted by Gasteiger charge is 2.31. The summed E-state index contributed by atoms with van der Waals surface area (Å²) in [4.78, 5) is 19.9. The summed E-state index contributed by atoms with van der Waals surface area (Å²) in [6, 6.07) is 14.6. The third kappa shape index (κ3) is 3.82. The van der Waals surface area contributed by atoms with Crippen LogP contribution in [0.5, 0.6) is 0 Å². The Kier molecular flexibility index (Phi) is 5.22. The number of aryl methyl sites for hydroxylation is 2. The van der Waals surface area contributed by atoms with Gasteiger partial charge in [0.2, 0.25) is 5.91 Å². The Labute approximate surface area is 172 Å². The normalized spacial score (nSPS) is 16.4. The van der Waals surface area contributed by atoms with Crippen LogP contribution in [0.15, 0.2) is 42.5 Å². The fraction of sp³-hybridized carbons (Fsp3) is 0.375. The molecule has 0 bridgehead atoms. The monoisotopic (exact) mass is 388 g/mol. The Bertz CT molecular complexity index is 1040. The summed E-state index contributed by atoms with van der Waals surface area (Å²) in [5, 5.41) is 4.54. The minimum atomic E-state index is 0.0305. The van der Waals surface area contributed by atoms with Gasteiger partial charge in [-0.25, -0.2) is 0 Å². The number of rotatable bonds is 4. The average Bonchev–Trinajstić information content (AvgIpc) is 3.30. The number of carbonyl (C=O) groups is 1. The summed E-state index contributed by atoms with van der Waals surface area (Å²) in [5.74, 6) is 0.114. The van der Waals surface area contributed by atoms with Gasteiger partial charge < -0.3 is 4.90 Å². The number of pyridine rings is 1. The van der Waals surface area contributed by atoms with Gasteiger partial charge in [0.25, 0.3) is 0 Å². The molecular formula is C24H28N4O. The molecule has 3 heterocycles. The highest BCUT2D eigenvalue weighted by Crippen LogP contribution is 2.33. The SMILES string of the molecule is Cc1cc(-c2ccccc2)cc([C@H]2CCCN2C(=O)Cn2nc(C)c(C)c2C)n1. The minimum absolute atomic E-state index is 0.0305. The van der Waals surface area contributed by atoms with E-state index in [4.69, 9.17) is 4.98 Å². The fourth-order valence-corrected chi connectivity index (χ4v) is 4.19. The van der Waals surface area contributed by atoms with Gasteiger partial charge in [-0.1, -0.05) is 30.3 Å². The molecule has 0 spiro atoms. The van der Waals surface area contributed by atoms with Crippen LogP contribution in [0.1, 0.15) is 47.2 Å². The molecular weight excluding hydrogens is 360 g/mol. The van der Waals surface area contributed by atoms with Gasteiger partial charge in [-0.2, -0.15) is 5.10 Å². The van der Waals surface area contributed by atoms with Crippen molar-refractivity contribution in [2.45, 2.75) is 53.1 Å². The lowest BCUT2D eigenvalue weighted by atomic mass is 10.0. The van der Waals surface area contributed by atoms with Gasteiger partial charge in [0.1, 0.15) is 6.54 Å². The maximum absolute atomic E-state index is 13.1. The van der Waals surface area contributed by atoms with Crippen molar-refractivity contribution < 1.29 is 4.79 Å². The number of nitrogens with zero attached hydrogens (tertiary/aromatic N) is 4. The molecule has 0 unspecified atom stereocenters. The summed E-state index contributed by atoms with van der Waals surface area (Å²) in [5.41, 5.74) is 7.50. The van der Waals surface area contributed by atoms with E-state index in [-0.39, 0.29) is 18.5 Å². The topological polar surface area (TPSA) is 51.0 Å². The first-order valence-corrected chi connectivity index (χ1v) is 10.3. The lowest BCUT2D eigenvalue weighted by Crippen LogP contribution is -2.34. The smallest absolute Gasteiger partial charge is 0.244 e. The van der Waals surface area contributed by atoms with Gasteiger partial charge >= 0.3 is 0 Å². The third-order valence-electron chi connectivity index (χ3n) is 6.02. The molecule has 1 aliphatic heterocycles. The molecule has 1 atom stereocenters. The third-order valence-corrected chi connectivity index (χ3v) is 6.02. The van der Waals surface area contributed by atoms with Crippen molar-refractivity contribution in [1.82, 2.24) is 19.7 Å². The summed E-state index contributed by atoms with van der Waals surface area (Å²) in [7, 11) is 0. The van der Waals surface area contributed by atoms with E-state index in [1.54, 1.807) is 0 Å². The van der Waals surface area contributed by atoms with Crippen molar-refractivity contribution in [2.75, 3.05) is 6.54 Å². The van der Waals surface area contributed by atoms with Crippen molar-refractivity contribution in [3.8, 4) is 11.1 Å². The summed E-state index contributed by atoms with van der Waals surface area (Å²) < 4.78 is 1.83. The van der Waals surface area contributed by atoms with Crippen LogP contribution in [-0.2, 0) is 11.3 Å². The first-order valence-electron chi connectivity index (χ1n) is 10.3. The molecule has 4 rings (SSSR count). The van der Waals surface area contributed by atoms with E-state index < -0.39 is 0 Å². The van der Waals surface area contributed by atoms with E-state index in [1.807, 2.05) is 48.6 Å². The maximum Gasteiger partial charge on any atom is 0.244 e. The van der Waals surface area contributed by atoms with E-state index >= 15 is 0 Å². The Morgan fingerprint density at radius 1 is 1.07 bits per heavy atom. The molecule has 1 aromatic carbocycles. The van der Waals surface area contributed by atoms with E-state index in [2.05, 4.69) is 36.3 Å². The molecule has 1 amide bonds. The highest BCUT2D eigenvalue weighted by molar-refractivity contribution is 5.77. The number of hydrogen-bond acceptors (Lipinski definition) is 3.